The van der Waals surface area contributed by atoms with Crippen LogP contribution >= 0.6 is 0 Å². The van der Waals surface area contributed by atoms with Gasteiger partial charge in [0.25, 0.3) is 5.91 Å². The first-order chi connectivity index (χ1) is 28.4. The van der Waals surface area contributed by atoms with Crippen molar-refractivity contribution >= 4 is 34.3 Å². The third kappa shape index (κ3) is 7.99. The number of amides is 3. The van der Waals surface area contributed by atoms with Gasteiger partial charge in [0.15, 0.2) is 6.61 Å². The van der Waals surface area contributed by atoms with Crippen molar-refractivity contribution < 1.29 is 19.1 Å². The average Bonchev–Trinajstić information content (AvgIpc) is 3.59. The number of carbonyl (C=O) groups is 3. The molecule has 1 aliphatic carbocycles. The number of fused-ring (bicyclic) bond motifs is 2. The average molecular weight is 779 g/mol. The molecule has 58 heavy (non-hydrogen) atoms. The number of piperidine rings is 2. The van der Waals surface area contributed by atoms with Crippen LogP contribution in [-0.4, -0.2) is 89.7 Å². The maximum absolute atomic E-state index is 13.1. The Morgan fingerprint density at radius 3 is 2.33 bits per heavy atom. The van der Waals surface area contributed by atoms with Crippen LogP contribution in [0.5, 0.6) is 5.75 Å². The fourth-order valence-corrected chi connectivity index (χ4v) is 9.99. The Bertz CT molecular complexity index is 2260. The maximum atomic E-state index is 13.1. The highest BCUT2D eigenvalue weighted by atomic mass is 16.5. The summed E-state index contributed by atoms with van der Waals surface area (Å²) in [6.45, 7) is 6.45. The minimum atomic E-state index is -0.462. The lowest BCUT2D eigenvalue weighted by molar-refractivity contribution is -0.135. The molecule has 3 aliphatic heterocycles. The van der Waals surface area contributed by atoms with Gasteiger partial charge < -0.3 is 14.5 Å². The molecule has 4 heterocycles. The quantitative estimate of drug-likeness (QED) is 0.156. The van der Waals surface area contributed by atoms with Crippen molar-refractivity contribution in [1.82, 2.24) is 24.9 Å². The highest BCUT2D eigenvalue weighted by Crippen LogP contribution is 2.46. The fraction of sp³-hybridized carbons (Fsp3) is 0.417. The predicted octanol–water partition coefficient (Wildman–Crippen LogP) is 6.79. The number of rotatable bonds is 10. The van der Waals surface area contributed by atoms with Crippen LogP contribution in [0.4, 0.5) is 5.69 Å². The van der Waals surface area contributed by atoms with Gasteiger partial charge in [-0.2, -0.15) is 5.10 Å². The molecule has 5 aromatic rings. The van der Waals surface area contributed by atoms with Crippen molar-refractivity contribution in [2.75, 3.05) is 57.3 Å². The van der Waals surface area contributed by atoms with E-state index in [9.17, 15) is 14.4 Å². The van der Waals surface area contributed by atoms with Crippen LogP contribution in [0.15, 0.2) is 97.1 Å². The first-order valence-electron chi connectivity index (χ1n) is 21.3. The monoisotopic (exact) mass is 778 g/mol. The molecule has 300 valence electrons. The minimum Gasteiger partial charge on any atom is -0.484 e. The largest absolute Gasteiger partial charge is 0.484 e. The second-order valence-corrected chi connectivity index (χ2v) is 16.7. The summed E-state index contributed by atoms with van der Waals surface area (Å²) in [5.74, 6) is 1.16. The summed E-state index contributed by atoms with van der Waals surface area (Å²) in [5, 5.41) is 7.88. The molecule has 3 saturated heterocycles. The maximum Gasteiger partial charge on any atom is 0.260 e. The van der Waals surface area contributed by atoms with E-state index in [1.165, 1.54) is 53.6 Å². The number of ether oxygens (including phenoxy) is 1. The number of piperazine rings is 1. The van der Waals surface area contributed by atoms with E-state index in [0.717, 1.165) is 56.0 Å². The topological polar surface area (TPSA) is 100 Å². The van der Waals surface area contributed by atoms with Gasteiger partial charge in [-0.05, 0) is 103 Å². The number of aryl methyl sites for hydroxylation is 2. The number of nitrogens with zero attached hydrogens (tertiary/aromatic N) is 5. The van der Waals surface area contributed by atoms with Gasteiger partial charge in [-0.3, -0.25) is 29.3 Å². The molecule has 0 spiro atoms. The first-order valence-corrected chi connectivity index (χ1v) is 21.3. The molecule has 4 aliphatic rings. The van der Waals surface area contributed by atoms with E-state index in [4.69, 9.17) is 4.74 Å². The van der Waals surface area contributed by atoms with Gasteiger partial charge in [-0.25, -0.2) is 0 Å². The van der Waals surface area contributed by atoms with Crippen LogP contribution in [-0.2, 0) is 27.9 Å². The number of hydrogen-bond acceptors (Lipinski definition) is 7. The summed E-state index contributed by atoms with van der Waals surface area (Å²) < 4.78 is 7.69. The second kappa shape index (κ2) is 16.8. The molecule has 1 aromatic heterocycles. The molecule has 9 rings (SSSR count). The number of benzene rings is 4. The van der Waals surface area contributed by atoms with Gasteiger partial charge in [0.05, 0.1) is 17.1 Å². The summed E-state index contributed by atoms with van der Waals surface area (Å²) in [4.78, 5) is 44.3. The van der Waals surface area contributed by atoms with E-state index in [1.807, 2.05) is 30.1 Å². The van der Waals surface area contributed by atoms with Gasteiger partial charge in [0, 0.05) is 75.8 Å². The molecular formula is C48H54N6O4. The van der Waals surface area contributed by atoms with Crippen LogP contribution in [0, 0.1) is 5.92 Å². The Kier molecular flexibility index (Phi) is 11.0. The zero-order chi connectivity index (χ0) is 39.6. The Labute approximate surface area is 341 Å². The molecule has 10 nitrogen and oxygen atoms in total. The number of imide groups is 1. The van der Waals surface area contributed by atoms with Crippen LogP contribution in [0.3, 0.4) is 0 Å². The van der Waals surface area contributed by atoms with Crippen molar-refractivity contribution in [1.29, 1.82) is 0 Å². The van der Waals surface area contributed by atoms with E-state index in [1.54, 1.807) is 4.68 Å². The van der Waals surface area contributed by atoms with Gasteiger partial charge in [0.1, 0.15) is 5.75 Å². The molecule has 0 saturated carbocycles. The van der Waals surface area contributed by atoms with Gasteiger partial charge in [-0.1, -0.05) is 66.7 Å². The molecule has 3 amide bonds. The van der Waals surface area contributed by atoms with Gasteiger partial charge in [-0.15, -0.1) is 0 Å². The predicted molar refractivity (Wildman–Crippen MR) is 226 cm³/mol. The lowest BCUT2D eigenvalue weighted by atomic mass is 9.69. The molecule has 3 unspecified atom stereocenters. The Morgan fingerprint density at radius 2 is 1.55 bits per heavy atom. The lowest BCUT2D eigenvalue weighted by Crippen LogP contribution is -2.50. The van der Waals surface area contributed by atoms with Crippen molar-refractivity contribution in [2.45, 2.75) is 62.7 Å². The Balaban J connectivity index is 0.720. The summed E-state index contributed by atoms with van der Waals surface area (Å²) in [6, 6.07) is 35.2. The SMILES string of the molecule is Cn1nc(C2CCC(=O)NC2=O)c2ccc(OCC(=O)N3CCN(CCC4CCN(c5ccc(C6c7ccccc7CCC6c6ccccc6)cc5)CC4)CC3)cc21. The van der Waals surface area contributed by atoms with E-state index >= 15 is 0 Å². The highest BCUT2D eigenvalue weighted by Gasteiger charge is 2.33. The molecule has 3 atom stereocenters. The van der Waals surface area contributed by atoms with Crippen molar-refractivity contribution in [2.24, 2.45) is 13.0 Å². The standard InChI is InChI=1S/C48H54N6O4/c1-51-43-31-38(16-18-41(43)47(50-51)42-19-20-44(55)49-48(42)57)58-32-45(56)54-29-27-52(28-30-54)24-21-33-22-25-53(26-23-33)37-14-11-36(12-15-37)46-39-10-6-5-9-35(39)13-17-40(46)34-7-3-2-4-8-34/h2-12,14-16,18,31,33,40,42,46H,13,17,19-30,32H2,1H3,(H,49,55,57). The second-order valence-electron chi connectivity index (χ2n) is 16.7. The van der Waals surface area contributed by atoms with Crippen molar-refractivity contribution in [3.63, 3.8) is 0 Å². The molecule has 10 heteroatoms. The molecule has 1 N–H and O–H groups in total. The van der Waals surface area contributed by atoms with E-state index < -0.39 is 5.92 Å². The van der Waals surface area contributed by atoms with E-state index in [0.29, 0.717) is 49.2 Å². The number of nitrogens with one attached hydrogen (secondary N) is 1. The Morgan fingerprint density at radius 1 is 0.793 bits per heavy atom. The van der Waals surface area contributed by atoms with E-state index in [-0.39, 0.29) is 24.3 Å². The number of anilines is 1. The molecule has 0 radical (unpaired) electrons. The normalized spacial score (nSPS) is 21.8. The van der Waals surface area contributed by atoms with E-state index in [2.05, 4.69) is 99.1 Å². The van der Waals surface area contributed by atoms with Crippen LogP contribution < -0.4 is 15.0 Å². The molecular weight excluding hydrogens is 725 g/mol. The van der Waals surface area contributed by atoms with Crippen molar-refractivity contribution in [3.8, 4) is 5.75 Å². The smallest absolute Gasteiger partial charge is 0.260 e. The van der Waals surface area contributed by atoms with Crippen molar-refractivity contribution in [3.05, 3.63) is 125 Å². The molecule has 3 fully saturated rings. The number of hydrogen-bond donors (Lipinski definition) is 1. The molecule has 0 bridgehead atoms. The van der Waals surface area contributed by atoms with Crippen LogP contribution in [0.25, 0.3) is 10.9 Å². The zero-order valence-corrected chi connectivity index (χ0v) is 33.5. The minimum absolute atomic E-state index is 0.00559. The van der Waals surface area contributed by atoms with Crippen LogP contribution in [0.2, 0.25) is 0 Å². The number of carbonyl (C=O) groups excluding carboxylic acids is 3. The lowest BCUT2D eigenvalue weighted by Gasteiger charge is -2.37. The van der Waals surface area contributed by atoms with Gasteiger partial charge in [0.2, 0.25) is 11.8 Å². The Hall–Kier alpha value is -5.48. The fourth-order valence-electron chi connectivity index (χ4n) is 9.99. The summed E-state index contributed by atoms with van der Waals surface area (Å²) in [7, 11) is 1.83. The summed E-state index contributed by atoms with van der Waals surface area (Å²) >= 11 is 0. The first kappa shape index (κ1) is 38.1. The third-order valence-corrected chi connectivity index (χ3v) is 13.3. The third-order valence-electron chi connectivity index (χ3n) is 13.3. The highest BCUT2D eigenvalue weighted by molar-refractivity contribution is 6.02. The summed E-state index contributed by atoms with van der Waals surface area (Å²) in [5.41, 5.74) is 8.65. The zero-order valence-electron chi connectivity index (χ0n) is 33.5. The number of aromatic nitrogens is 2. The summed E-state index contributed by atoms with van der Waals surface area (Å²) in [6.07, 6.45) is 6.69. The van der Waals surface area contributed by atoms with Crippen LogP contribution in [0.1, 0.15) is 84.2 Å². The van der Waals surface area contributed by atoms with Gasteiger partial charge >= 0.3 is 0 Å². The molecule has 4 aromatic carbocycles.